The Hall–Kier alpha value is -0.810. The van der Waals surface area contributed by atoms with Crippen LogP contribution < -0.4 is 4.74 Å². The van der Waals surface area contributed by atoms with Gasteiger partial charge in [0, 0.05) is 18.1 Å². The Kier molecular flexibility index (Phi) is 4.16. The second-order valence-electron chi connectivity index (χ2n) is 2.47. The van der Waals surface area contributed by atoms with E-state index in [-0.39, 0.29) is 12.5 Å². The Morgan fingerprint density at radius 1 is 1.29 bits per heavy atom. The van der Waals surface area contributed by atoms with Crippen LogP contribution in [0.1, 0.15) is 0 Å². The van der Waals surface area contributed by atoms with Gasteiger partial charge in [0.05, 0.1) is 0 Å². The first kappa shape index (κ1) is 11.3. The number of hydrogen-bond acceptors (Lipinski definition) is 3. The van der Waals surface area contributed by atoms with Gasteiger partial charge < -0.3 is 9.47 Å². The van der Waals surface area contributed by atoms with Crippen LogP contribution in [0.2, 0.25) is 0 Å². The SMILES string of the molecule is COCOc1cc(SC)c(F)cc1F. The van der Waals surface area contributed by atoms with Crippen LogP contribution in [-0.2, 0) is 4.74 Å². The number of hydrogen-bond donors (Lipinski definition) is 0. The van der Waals surface area contributed by atoms with Crippen molar-refractivity contribution in [2.75, 3.05) is 20.2 Å². The summed E-state index contributed by atoms with van der Waals surface area (Å²) >= 11 is 1.19. The number of thioether (sulfide) groups is 1. The van der Waals surface area contributed by atoms with Crippen molar-refractivity contribution in [2.24, 2.45) is 0 Å². The first-order valence-corrected chi connectivity index (χ1v) is 5.06. The first-order valence-electron chi connectivity index (χ1n) is 3.83. The van der Waals surface area contributed by atoms with E-state index in [0.29, 0.717) is 4.90 Å². The van der Waals surface area contributed by atoms with Gasteiger partial charge in [-0.1, -0.05) is 0 Å². The minimum atomic E-state index is -0.725. The molecule has 0 spiro atoms. The van der Waals surface area contributed by atoms with Crippen LogP contribution in [0.5, 0.6) is 5.75 Å². The summed E-state index contributed by atoms with van der Waals surface area (Å²) < 4.78 is 35.6. The fourth-order valence-corrected chi connectivity index (χ4v) is 1.38. The van der Waals surface area contributed by atoms with E-state index in [2.05, 4.69) is 4.74 Å². The standard InChI is InChI=1S/C9H10F2O2S/c1-12-5-13-8-4-9(14-2)7(11)3-6(8)10/h3-4H,5H2,1-2H3. The highest BCUT2D eigenvalue weighted by Gasteiger charge is 2.09. The summed E-state index contributed by atoms with van der Waals surface area (Å²) in [5.74, 6) is -1.31. The van der Waals surface area contributed by atoms with E-state index in [1.807, 2.05) is 0 Å². The van der Waals surface area contributed by atoms with E-state index in [4.69, 9.17) is 4.74 Å². The van der Waals surface area contributed by atoms with Gasteiger partial charge in [0.2, 0.25) is 0 Å². The molecule has 0 heterocycles. The molecule has 5 heteroatoms. The third-order valence-electron chi connectivity index (χ3n) is 1.54. The predicted octanol–water partition coefficient (Wildman–Crippen LogP) is 2.67. The summed E-state index contributed by atoms with van der Waals surface area (Å²) in [6, 6.07) is 2.12. The van der Waals surface area contributed by atoms with Crippen molar-refractivity contribution in [3.05, 3.63) is 23.8 Å². The Bertz CT molecular complexity index is 318. The molecule has 78 valence electrons. The predicted molar refractivity (Wildman–Crippen MR) is 50.6 cm³/mol. The van der Waals surface area contributed by atoms with Crippen LogP contribution >= 0.6 is 11.8 Å². The summed E-state index contributed by atoms with van der Waals surface area (Å²) in [6.45, 7) is -0.0592. The second-order valence-corrected chi connectivity index (χ2v) is 3.32. The van der Waals surface area contributed by atoms with Gasteiger partial charge in [-0.25, -0.2) is 8.78 Å². The third kappa shape index (κ3) is 2.59. The van der Waals surface area contributed by atoms with Crippen LogP contribution in [0.3, 0.4) is 0 Å². The Labute approximate surface area is 85.2 Å². The lowest BCUT2D eigenvalue weighted by molar-refractivity contribution is 0.0480. The molecule has 0 aliphatic carbocycles. The molecule has 0 bridgehead atoms. The smallest absolute Gasteiger partial charge is 0.188 e. The molecular weight excluding hydrogens is 210 g/mol. The van der Waals surface area contributed by atoms with E-state index >= 15 is 0 Å². The molecule has 0 aliphatic heterocycles. The van der Waals surface area contributed by atoms with Crippen LogP contribution in [0.25, 0.3) is 0 Å². The molecule has 0 aromatic heterocycles. The maximum absolute atomic E-state index is 13.1. The van der Waals surface area contributed by atoms with Crippen molar-refractivity contribution < 1.29 is 18.3 Å². The van der Waals surface area contributed by atoms with Crippen molar-refractivity contribution in [3.63, 3.8) is 0 Å². The Balaban J connectivity index is 2.92. The Morgan fingerprint density at radius 3 is 2.57 bits per heavy atom. The summed E-state index contributed by atoms with van der Waals surface area (Å²) in [5, 5.41) is 0. The lowest BCUT2D eigenvalue weighted by Gasteiger charge is -2.07. The molecule has 0 amide bonds. The summed E-state index contributed by atoms with van der Waals surface area (Å²) in [6.07, 6.45) is 1.70. The van der Waals surface area contributed by atoms with Gasteiger partial charge in [0.25, 0.3) is 0 Å². The number of ether oxygens (including phenoxy) is 2. The number of rotatable bonds is 4. The summed E-state index contributed by atoms with van der Waals surface area (Å²) in [7, 11) is 1.43. The molecule has 14 heavy (non-hydrogen) atoms. The fraction of sp³-hybridized carbons (Fsp3) is 0.333. The van der Waals surface area contributed by atoms with Crippen molar-refractivity contribution in [1.29, 1.82) is 0 Å². The normalized spacial score (nSPS) is 10.3. The van der Waals surface area contributed by atoms with E-state index in [1.165, 1.54) is 24.9 Å². The maximum Gasteiger partial charge on any atom is 0.188 e. The minimum Gasteiger partial charge on any atom is -0.464 e. The van der Waals surface area contributed by atoms with E-state index in [9.17, 15) is 8.78 Å². The zero-order valence-corrected chi connectivity index (χ0v) is 8.66. The highest BCUT2D eigenvalue weighted by atomic mass is 32.2. The number of methoxy groups -OCH3 is 1. The van der Waals surface area contributed by atoms with Gasteiger partial charge in [-0.15, -0.1) is 11.8 Å². The highest BCUT2D eigenvalue weighted by Crippen LogP contribution is 2.27. The zero-order valence-electron chi connectivity index (χ0n) is 7.84. The molecule has 1 aromatic carbocycles. The van der Waals surface area contributed by atoms with Gasteiger partial charge in [-0.3, -0.25) is 0 Å². The molecular formula is C9H10F2O2S. The lowest BCUT2D eigenvalue weighted by Crippen LogP contribution is -2.01. The molecule has 0 aliphatic rings. The molecule has 0 radical (unpaired) electrons. The average Bonchev–Trinajstić information content (AvgIpc) is 2.17. The van der Waals surface area contributed by atoms with Crippen molar-refractivity contribution in [3.8, 4) is 5.75 Å². The molecule has 2 nitrogen and oxygen atoms in total. The lowest BCUT2D eigenvalue weighted by atomic mass is 10.3. The first-order chi connectivity index (χ1) is 6.69. The minimum absolute atomic E-state index is 0.00222. The van der Waals surface area contributed by atoms with Crippen LogP contribution in [0, 0.1) is 11.6 Å². The molecule has 0 atom stereocenters. The zero-order chi connectivity index (χ0) is 10.6. The monoisotopic (exact) mass is 220 g/mol. The average molecular weight is 220 g/mol. The Morgan fingerprint density at radius 2 is 2.00 bits per heavy atom. The fourth-order valence-electron chi connectivity index (χ4n) is 0.900. The van der Waals surface area contributed by atoms with Crippen LogP contribution in [-0.4, -0.2) is 20.2 Å². The molecule has 0 saturated heterocycles. The second kappa shape index (κ2) is 5.17. The molecule has 0 unspecified atom stereocenters. The van der Waals surface area contributed by atoms with Crippen molar-refractivity contribution >= 4 is 11.8 Å². The van der Waals surface area contributed by atoms with E-state index in [0.717, 1.165) is 6.07 Å². The quantitative estimate of drug-likeness (QED) is 0.574. The van der Waals surface area contributed by atoms with Crippen LogP contribution in [0.4, 0.5) is 8.78 Å². The topological polar surface area (TPSA) is 18.5 Å². The third-order valence-corrected chi connectivity index (χ3v) is 2.29. The molecule has 1 aromatic rings. The largest absolute Gasteiger partial charge is 0.464 e. The summed E-state index contributed by atoms with van der Waals surface area (Å²) in [5.41, 5.74) is 0. The van der Waals surface area contributed by atoms with Crippen LogP contribution in [0.15, 0.2) is 17.0 Å². The van der Waals surface area contributed by atoms with Gasteiger partial charge in [0.1, 0.15) is 5.82 Å². The maximum atomic E-state index is 13.1. The van der Waals surface area contributed by atoms with Gasteiger partial charge in [0.15, 0.2) is 18.4 Å². The van der Waals surface area contributed by atoms with E-state index < -0.39 is 11.6 Å². The number of benzene rings is 1. The number of halogens is 2. The molecule has 0 N–H and O–H groups in total. The van der Waals surface area contributed by atoms with Crippen molar-refractivity contribution in [2.45, 2.75) is 4.90 Å². The highest BCUT2D eigenvalue weighted by molar-refractivity contribution is 7.98. The van der Waals surface area contributed by atoms with Gasteiger partial charge in [-0.2, -0.15) is 0 Å². The summed E-state index contributed by atoms with van der Waals surface area (Å²) in [4.78, 5) is 0.345. The van der Waals surface area contributed by atoms with Gasteiger partial charge >= 0.3 is 0 Å². The molecule has 0 fully saturated rings. The molecule has 0 saturated carbocycles. The van der Waals surface area contributed by atoms with Crippen molar-refractivity contribution in [1.82, 2.24) is 0 Å². The van der Waals surface area contributed by atoms with E-state index in [1.54, 1.807) is 6.26 Å². The molecule has 1 rings (SSSR count). The van der Waals surface area contributed by atoms with Gasteiger partial charge in [-0.05, 0) is 12.3 Å².